The summed E-state index contributed by atoms with van der Waals surface area (Å²) in [6.07, 6.45) is 86.5. The maximum Gasteiger partial charge on any atom is 0.306 e. The molecular formula is C72H128O6. The van der Waals surface area contributed by atoms with Gasteiger partial charge in [-0.25, -0.2) is 0 Å². The number of hydrogen-bond donors (Lipinski definition) is 0. The van der Waals surface area contributed by atoms with Crippen molar-refractivity contribution in [2.24, 2.45) is 0 Å². The van der Waals surface area contributed by atoms with Gasteiger partial charge in [-0.2, -0.15) is 0 Å². The van der Waals surface area contributed by atoms with Gasteiger partial charge >= 0.3 is 17.9 Å². The van der Waals surface area contributed by atoms with Crippen molar-refractivity contribution in [1.82, 2.24) is 0 Å². The predicted molar refractivity (Wildman–Crippen MR) is 339 cm³/mol. The third-order valence-electron chi connectivity index (χ3n) is 14.9. The molecule has 0 N–H and O–H groups in total. The first-order valence-corrected chi connectivity index (χ1v) is 33.9. The van der Waals surface area contributed by atoms with Crippen LogP contribution in [0.15, 0.2) is 72.9 Å². The molecule has 0 aliphatic carbocycles. The molecule has 0 aromatic heterocycles. The van der Waals surface area contributed by atoms with Gasteiger partial charge in [0.25, 0.3) is 0 Å². The predicted octanol–water partition coefficient (Wildman–Crippen LogP) is 23.3. The summed E-state index contributed by atoms with van der Waals surface area (Å²) in [6.45, 7) is 6.59. The Kier molecular flexibility index (Phi) is 63.7. The van der Waals surface area contributed by atoms with Gasteiger partial charge in [0.1, 0.15) is 13.2 Å². The van der Waals surface area contributed by atoms with E-state index in [1.165, 1.54) is 205 Å². The quantitative estimate of drug-likeness (QED) is 0.0261. The Morgan fingerprint density at radius 1 is 0.256 bits per heavy atom. The van der Waals surface area contributed by atoms with E-state index in [2.05, 4.69) is 93.7 Å². The van der Waals surface area contributed by atoms with E-state index in [9.17, 15) is 14.4 Å². The van der Waals surface area contributed by atoms with Crippen LogP contribution in [0.1, 0.15) is 348 Å². The highest BCUT2D eigenvalue weighted by Crippen LogP contribution is 2.17. The third-order valence-corrected chi connectivity index (χ3v) is 14.9. The van der Waals surface area contributed by atoms with Crippen LogP contribution >= 0.6 is 0 Å². The second-order valence-corrected chi connectivity index (χ2v) is 22.7. The summed E-state index contributed by atoms with van der Waals surface area (Å²) in [7, 11) is 0. The first-order chi connectivity index (χ1) is 38.5. The van der Waals surface area contributed by atoms with Crippen molar-refractivity contribution >= 4 is 17.9 Å². The largest absolute Gasteiger partial charge is 0.462 e. The van der Waals surface area contributed by atoms with E-state index in [1.54, 1.807) is 0 Å². The summed E-state index contributed by atoms with van der Waals surface area (Å²) in [5.41, 5.74) is 0. The van der Waals surface area contributed by atoms with Crippen molar-refractivity contribution in [3.05, 3.63) is 72.9 Å². The van der Waals surface area contributed by atoms with Gasteiger partial charge in [0.05, 0.1) is 0 Å². The third kappa shape index (κ3) is 63.7. The van der Waals surface area contributed by atoms with Crippen molar-refractivity contribution in [3.63, 3.8) is 0 Å². The minimum atomic E-state index is -0.785. The lowest BCUT2D eigenvalue weighted by Crippen LogP contribution is -2.30. The standard InChI is InChI=1S/C72H128O6/c1-4-7-10-13-16-19-22-25-27-28-29-30-31-32-33-34-35-36-37-38-39-40-41-42-43-44-45-48-50-53-56-59-62-65-71(74)77-68-69(67-76-70(73)64-61-58-55-52-49-46-24-21-18-15-12-9-6-3)78-72(75)66-63-60-57-54-51-47-26-23-20-17-14-11-8-5-2/h14,17,21-26,28-29,31-32,69H,4-13,15-16,18-20,27,30,33-68H2,1-3H3/b17-14-,24-21-,25-22-,26-23-,29-28-,32-31-. The molecule has 0 saturated carbocycles. The van der Waals surface area contributed by atoms with E-state index < -0.39 is 6.10 Å². The number of esters is 3. The number of carbonyl (C=O) groups excluding carboxylic acids is 3. The summed E-state index contributed by atoms with van der Waals surface area (Å²) in [6, 6.07) is 0. The molecular weight excluding hydrogens is 961 g/mol. The number of allylic oxidation sites excluding steroid dienone is 12. The Balaban J connectivity index is 4.12. The molecule has 1 unspecified atom stereocenters. The van der Waals surface area contributed by atoms with E-state index in [0.717, 1.165) is 103 Å². The normalized spacial score (nSPS) is 12.5. The van der Waals surface area contributed by atoms with Crippen LogP contribution in [0.5, 0.6) is 0 Å². The highest BCUT2D eigenvalue weighted by molar-refractivity contribution is 5.71. The van der Waals surface area contributed by atoms with Gasteiger partial charge in [-0.05, 0) is 109 Å². The fourth-order valence-corrected chi connectivity index (χ4v) is 9.76. The molecule has 0 aliphatic heterocycles. The topological polar surface area (TPSA) is 78.9 Å². The van der Waals surface area contributed by atoms with E-state index in [4.69, 9.17) is 14.2 Å². The Morgan fingerprint density at radius 2 is 0.474 bits per heavy atom. The first kappa shape index (κ1) is 74.8. The zero-order chi connectivity index (χ0) is 56.4. The lowest BCUT2D eigenvalue weighted by molar-refractivity contribution is -0.167. The molecule has 0 spiro atoms. The molecule has 6 heteroatoms. The van der Waals surface area contributed by atoms with Gasteiger partial charge in [0, 0.05) is 19.3 Å². The van der Waals surface area contributed by atoms with Crippen molar-refractivity contribution < 1.29 is 28.6 Å². The number of unbranched alkanes of at least 4 members (excludes halogenated alkanes) is 39. The SMILES string of the molecule is CCCC/C=C\C/C=C\CCCCCCCC(=O)OC(COC(=O)CCCCCCC/C=C\CCCCCC)COC(=O)CCCCCCCCCCCCCCCCCCCC/C=C\C/C=C\C/C=C\CCCCCCC. The summed E-state index contributed by atoms with van der Waals surface area (Å²) in [5.74, 6) is -0.889. The zero-order valence-electron chi connectivity index (χ0n) is 51.9. The molecule has 0 heterocycles. The average molecular weight is 1090 g/mol. The molecule has 0 radical (unpaired) electrons. The summed E-state index contributed by atoms with van der Waals surface area (Å²) < 4.78 is 16.9. The van der Waals surface area contributed by atoms with Gasteiger partial charge in [-0.3, -0.25) is 14.4 Å². The lowest BCUT2D eigenvalue weighted by Gasteiger charge is -2.18. The number of ether oxygens (including phenoxy) is 3. The minimum Gasteiger partial charge on any atom is -0.462 e. The average Bonchev–Trinajstić information content (AvgIpc) is 3.44. The van der Waals surface area contributed by atoms with Crippen LogP contribution < -0.4 is 0 Å². The van der Waals surface area contributed by atoms with Gasteiger partial charge in [0.2, 0.25) is 0 Å². The second kappa shape index (κ2) is 66.4. The van der Waals surface area contributed by atoms with Crippen LogP contribution in [0.25, 0.3) is 0 Å². The van der Waals surface area contributed by atoms with Crippen LogP contribution in [0.4, 0.5) is 0 Å². The molecule has 0 aliphatic rings. The van der Waals surface area contributed by atoms with Crippen molar-refractivity contribution in [2.75, 3.05) is 13.2 Å². The van der Waals surface area contributed by atoms with Gasteiger partial charge in [-0.15, -0.1) is 0 Å². The fourth-order valence-electron chi connectivity index (χ4n) is 9.76. The van der Waals surface area contributed by atoms with Crippen molar-refractivity contribution in [1.29, 1.82) is 0 Å². The molecule has 1 atom stereocenters. The number of hydrogen-bond acceptors (Lipinski definition) is 6. The highest BCUT2D eigenvalue weighted by atomic mass is 16.6. The van der Waals surface area contributed by atoms with E-state index in [0.29, 0.717) is 19.3 Å². The molecule has 0 bridgehead atoms. The number of rotatable bonds is 62. The molecule has 0 aromatic carbocycles. The Bertz CT molecular complexity index is 1440. The van der Waals surface area contributed by atoms with E-state index in [1.807, 2.05) is 0 Å². The Hall–Kier alpha value is -3.15. The summed E-state index contributed by atoms with van der Waals surface area (Å²) in [5, 5.41) is 0. The lowest BCUT2D eigenvalue weighted by atomic mass is 10.0. The minimum absolute atomic E-state index is 0.0807. The molecule has 0 amide bonds. The smallest absolute Gasteiger partial charge is 0.306 e. The molecule has 0 fully saturated rings. The Labute approximate surface area is 484 Å². The first-order valence-electron chi connectivity index (χ1n) is 33.9. The summed E-state index contributed by atoms with van der Waals surface area (Å²) >= 11 is 0. The monoisotopic (exact) mass is 1090 g/mol. The molecule has 6 nitrogen and oxygen atoms in total. The fraction of sp³-hybridized carbons (Fsp3) is 0.792. The van der Waals surface area contributed by atoms with Crippen LogP contribution in [0.2, 0.25) is 0 Å². The molecule has 452 valence electrons. The molecule has 0 aromatic rings. The van der Waals surface area contributed by atoms with Gasteiger partial charge < -0.3 is 14.2 Å². The highest BCUT2D eigenvalue weighted by Gasteiger charge is 2.19. The van der Waals surface area contributed by atoms with Crippen LogP contribution in [-0.2, 0) is 28.6 Å². The van der Waals surface area contributed by atoms with Crippen LogP contribution in [0, 0.1) is 0 Å². The van der Waals surface area contributed by atoms with Crippen molar-refractivity contribution in [3.8, 4) is 0 Å². The number of carbonyl (C=O) groups is 3. The molecule has 78 heavy (non-hydrogen) atoms. The van der Waals surface area contributed by atoms with Gasteiger partial charge in [0.15, 0.2) is 6.10 Å². The van der Waals surface area contributed by atoms with Gasteiger partial charge in [-0.1, -0.05) is 293 Å². The summed E-state index contributed by atoms with van der Waals surface area (Å²) in [4.78, 5) is 38.3. The van der Waals surface area contributed by atoms with Crippen molar-refractivity contribution in [2.45, 2.75) is 354 Å². The van der Waals surface area contributed by atoms with E-state index >= 15 is 0 Å². The maximum atomic E-state index is 12.9. The van der Waals surface area contributed by atoms with E-state index in [-0.39, 0.29) is 31.1 Å². The Morgan fingerprint density at radius 3 is 0.782 bits per heavy atom. The molecule has 0 rings (SSSR count). The zero-order valence-corrected chi connectivity index (χ0v) is 51.9. The maximum absolute atomic E-state index is 12.9. The van der Waals surface area contributed by atoms with Crippen LogP contribution in [0.3, 0.4) is 0 Å². The van der Waals surface area contributed by atoms with Crippen LogP contribution in [-0.4, -0.2) is 37.2 Å². The second-order valence-electron chi connectivity index (χ2n) is 22.7. The molecule has 0 saturated heterocycles.